The fraction of sp³-hybridized carbons (Fsp3) is 0.667. The molecule has 2 aliphatic heterocycles. The SMILES string of the molecule is CN(C)C(=O)C[C@H]1CC[C@@H]2[C@H](COC[C@H](O)CN2Cc2ccc(C(F)(F)F)cc2)O1. The molecule has 30 heavy (non-hydrogen) atoms. The number of ether oxygens (including phenoxy) is 2. The molecule has 0 bridgehead atoms. The van der Waals surface area contributed by atoms with Gasteiger partial charge in [0.05, 0.1) is 43.5 Å². The van der Waals surface area contributed by atoms with Crippen molar-refractivity contribution < 1.29 is 32.5 Å². The van der Waals surface area contributed by atoms with Crippen molar-refractivity contribution in [3.05, 3.63) is 35.4 Å². The number of hydrogen-bond donors (Lipinski definition) is 1. The van der Waals surface area contributed by atoms with Gasteiger partial charge in [-0.1, -0.05) is 12.1 Å². The van der Waals surface area contributed by atoms with Crippen LogP contribution in [0.4, 0.5) is 13.2 Å². The summed E-state index contributed by atoms with van der Waals surface area (Å²) in [5.74, 6) is 0.00208. The van der Waals surface area contributed by atoms with E-state index < -0.39 is 17.8 Å². The molecule has 2 fully saturated rings. The Kier molecular flexibility index (Phi) is 7.38. The van der Waals surface area contributed by atoms with E-state index >= 15 is 0 Å². The van der Waals surface area contributed by atoms with Crippen LogP contribution in [0.5, 0.6) is 0 Å². The molecule has 168 valence electrons. The Morgan fingerprint density at radius 2 is 1.90 bits per heavy atom. The first-order chi connectivity index (χ1) is 14.1. The molecule has 0 unspecified atom stereocenters. The van der Waals surface area contributed by atoms with Crippen LogP contribution in [0.2, 0.25) is 0 Å². The van der Waals surface area contributed by atoms with Crippen LogP contribution in [0, 0.1) is 0 Å². The number of carbonyl (C=O) groups excluding carboxylic acids is 1. The predicted octanol–water partition coefficient (Wildman–Crippen LogP) is 2.29. The molecule has 1 amide bonds. The molecule has 2 heterocycles. The molecule has 4 atom stereocenters. The monoisotopic (exact) mass is 430 g/mol. The number of amides is 1. The quantitative estimate of drug-likeness (QED) is 0.794. The van der Waals surface area contributed by atoms with Crippen LogP contribution in [0.15, 0.2) is 24.3 Å². The highest BCUT2D eigenvalue weighted by Gasteiger charge is 2.38. The maximum absolute atomic E-state index is 12.8. The normalized spacial score (nSPS) is 28.3. The number of alkyl halides is 3. The number of fused-ring (bicyclic) bond motifs is 1. The van der Waals surface area contributed by atoms with Crippen LogP contribution < -0.4 is 0 Å². The minimum absolute atomic E-state index is 0.00208. The Hall–Kier alpha value is -1.68. The van der Waals surface area contributed by atoms with E-state index in [-0.39, 0.29) is 30.8 Å². The number of aliphatic hydroxyl groups excluding tert-OH is 1. The van der Waals surface area contributed by atoms with Crippen molar-refractivity contribution >= 4 is 5.91 Å². The highest BCUT2D eigenvalue weighted by atomic mass is 19.4. The average Bonchev–Trinajstić information content (AvgIpc) is 2.66. The second-order valence-corrected chi connectivity index (χ2v) is 8.25. The zero-order chi connectivity index (χ0) is 21.9. The zero-order valence-electron chi connectivity index (χ0n) is 17.3. The summed E-state index contributed by atoms with van der Waals surface area (Å²) >= 11 is 0. The number of hydrogen-bond acceptors (Lipinski definition) is 5. The fourth-order valence-corrected chi connectivity index (χ4v) is 4.04. The number of rotatable bonds is 4. The maximum Gasteiger partial charge on any atom is 0.416 e. The van der Waals surface area contributed by atoms with Crippen molar-refractivity contribution in [3.8, 4) is 0 Å². The molecular weight excluding hydrogens is 401 g/mol. The number of halogens is 3. The zero-order valence-corrected chi connectivity index (χ0v) is 17.3. The standard InChI is InChI=1S/C21H29F3N2O4/c1-25(2)20(28)9-17-7-8-18-19(30-17)13-29-12-16(27)11-26(18)10-14-3-5-15(6-4-14)21(22,23)24/h3-6,16-19,27H,7-13H2,1-2H3/t16-,17-,18-,19+/m1/s1. The minimum Gasteiger partial charge on any atom is -0.389 e. The van der Waals surface area contributed by atoms with Crippen LogP contribution in [-0.4, -0.2) is 79.0 Å². The third kappa shape index (κ3) is 5.94. The van der Waals surface area contributed by atoms with Gasteiger partial charge in [0.15, 0.2) is 0 Å². The number of carbonyl (C=O) groups is 1. The summed E-state index contributed by atoms with van der Waals surface area (Å²) in [6, 6.07) is 5.06. The lowest BCUT2D eigenvalue weighted by molar-refractivity contribution is -0.160. The largest absolute Gasteiger partial charge is 0.416 e. The Morgan fingerprint density at radius 3 is 2.53 bits per heavy atom. The Labute approximate surface area is 174 Å². The van der Waals surface area contributed by atoms with Crippen molar-refractivity contribution in [2.75, 3.05) is 33.9 Å². The van der Waals surface area contributed by atoms with E-state index in [0.29, 0.717) is 32.5 Å². The van der Waals surface area contributed by atoms with Crippen LogP contribution in [-0.2, 0) is 27.0 Å². The van der Waals surface area contributed by atoms with E-state index in [1.54, 1.807) is 14.1 Å². The number of benzene rings is 1. The van der Waals surface area contributed by atoms with Crippen molar-refractivity contribution in [2.24, 2.45) is 0 Å². The molecule has 1 N–H and O–H groups in total. The molecule has 0 spiro atoms. The van der Waals surface area contributed by atoms with Gasteiger partial charge in [0.25, 0.3) is 0 Å². The lowest BCUT2D eigenvalue weighted by atomic mass is 9.94. The highest BCUT2D eigenvalue weighted by Crippen LogP contribution is 2.31. The molecule has 0 radical (unpaired) electrons. The predicted molar refractivity (Wildman–Crippen MR) is 104 cm³/mol. The lowest BCUT2D eigenvalue weighted by Crippen LogP contribution is -2.55. The number of nitrogens with zero attached hydrogens (tertiary/aromatic N) is 2. The maximum atomic E-state index is 12.8. The van der Waals surface area contributed by atoms with E-state index in [2.05, 4.69) is 4.90 Å². The summed E-state index contributed by atoms with van der Waals surface area (Å²) in [6.07, 6.45) is -3.75. The topological polar surface area (TPSA) is 62.2 Å². The third-order valence-corrected chi connectivity index (χ3v) is 5.66. The van der Waals surface area contributed by atoms with Crippen molar-refractivity contribution in [1.29, 1.82) is 0 Å². The fourth-order valence-electron chi connectivity index (χ4n) is 4.04. The second-order valence-electron chi connectivity index (χ2n) is 8.25. The molecule has 9 heteroatoms. The molecule has 0 saturated carbocycles. The van der Waals surface area contributed by atoms with Gasteiger partial charge in [-0.15, -0.1) is 0 Å². The Bertz CT molecular complexity index is 711. The van der Waals surface area contributed by atoms with E-state index in [1.165, 1.54) is 17.0 Å². The number of β-amino-alcohol motifs (C(OH)–C–C–N with tert-alkyl or cyclic N) is 1. The Morgan fingerprint density at radius 1 is 1.20 bits per heavy atom. The first kappa shape index (κ1) is 23.0. The van der Waals surface area contributed by atoms with Gasteiger partial charge in [0.1, 0.15) is 0 Å². The van der Waals surface area contributed by atoms with Crippen LogP contribution in [0.3, 0.4) is 0 Å². The summed E-state index contributed by atoms with van der Waals surface area (Å²) in [5.41, 5.74) is 0.0555. The van der Waals surface area contributed by atoms with Gasteiger partial charge in [-0.3, -0.25) is 9.69 Å². The van der Waals surface area contributed by atoms with Crippen molar-refractivity contribution in [2.45, 2.75) is 56.3 Å². The van der Waals surface area contributed by atoms with E-state index in [1.807, 2.05) is 0 Å². The lowest BCUT2D eigenvalue weighted by Gasteiger charge is -2.44. The first-order valence-electron chi connectivity index (χ1n) is 10.1. The average molecular weight is 430 g/mol. The summed E-state index contributed by atoms with van der Waals surface area (Å²) in [6.45, 7) is 1.21. The summed E-state index contributed by atoms with van der Waals surface area (Å²) in [5, 5.41) is 10.2. The molecule has 2 saturated heterocycles. The van der Waals surface area contributed by atoms with E-state index in [4.69, 9.17) is 9.47 Å². The summed E-state index contributed by atoms with van der Waals surface area (Å²) in [7, 11) is 3.42. The van der Waals surface area contributed by atoms with Gasteiger partial charge in [-0.25, -0.2) is 0 Å². The van der Waals surface area contributed by atoms with Crippen molar-refractivity contribution in [1.82, 2.24) is 9.80 Å². The van der Waals surface area contributed by atoms with Gasteiger partial charge in [0, 0.05) is 33.2 Å². The Balaban J connectivity index is 1.70. The minimum atomic E-state index is -4.37. The molecular formula is C21H29F3N2O4. The van der Waals surface area contributed by atoms with Crippen LogP contribution >= 0.6 is 0 Å². The van der Waals surface area contributed by atoms with E-state index in [9.17, 15) is 23.1 Å². The van der Waals surface area contributed by atoms with Gasteiger partial charge in [0.2, 0.25) is 5.91 Å². The third-order valence-electron chi connectivity index (χ3n) is 5.66. The molecule has 2 aliphatic rings. The highest BCUT2D eigenvalue weighted by molar-refractivity contribution is 5.76. The van der Waals surface area contributed by atoms with Crippen LogP contribution in [0.25, 0.3) is 0 Å². The van der Waals surface area contributed by atoms with Gasteiger partial charge >= 0.3 is 6.18 Å². The number of aliphatic hydroxyl groups is 1. The van der Waals surface area contributed by atoms with Crippen molar-refractivity contribution in [3.63, 3.8) is 0 Å². The van der Waals surface area contributed by atoms with Gasteiger partial charge in [-0.2, -0.15) is 13.2 Å². The van der Waals surface area contributed by atoms with Gasteiger partial charge in [-0.05, 0) is 30.5 Å². The van der Waals surface area contributed by atoms with Crippen LogP contribution in [0.1, 0.15) is 30.4 Å². The first-order valence-corrected chi connectivity index (χ1v) is 10.1. The molecule has 3 rings (SSSR count). The molecule has 1 aromatic carbocycles. The second kappa shape index (κ2) is 9.64. The molecule has 1 aromatic rings. The molecule has 6 nitrogen and oxygen atoms in total. The van der Waals surface area contributed by atoms with E-state index in [0.717, 1.165) is 24.1 Å². The van der Waals surface area contributed by atoms with Gasteiger partial charge < -0.3 is 19.5 Å². The molecule has 0 aliphatic carbocycles. The summed E-state index contributed by atoms with van der Waals surface area (Å²) < 4.78 is 50.2. The smallest absolute Gasteiger partial charge is 0.389 e. The molecule has 0 aromatic heterocycles. The summed E-state index contributed by atoms with van der Waals surface area (Å²) in [4.78, 5) is 15.6.